The molecular formula is C18H22FN5O. The molecule has 0 aliphatic carbocycles. The largest absolute Gasteiger partial charge is 0.339 e. The number of nitrogens with one attached hydrogen (secondary N) is 1. The summed E-state index contributed by atoms with van der Waals surface area (Å²) < 4.78 is 14.9. The highest BCUT2D eigenvalue weighted by molar-refractivity contribution is 6.17. The first-order chi connectivity index (χ1) is 11.8. The average Bonchev–Trinajstić information content (AvgIpc) is 2.66. The summed E-state index contributed by atoms with van der Waals surface area (Å²) in [6, 6.07) is 1.46. The number of rotatable bonds is 0. The second-order valence-electron chi connectivity index (χ2n) is 7.17. The van der Waals surface area contributed by atoms with E-state index >= 15 is 0 Å². The van der Waals surface area contributed by atoms with Gasteiger partial charge in [0.2, 0.25) is 5.91 Å². The van der Waals surface area contributed by atoms with Crippen LogP contribution in [0.5, 0.6) is 0 Å². The number of aryl methyl sites for hydroxylation is 1. The van der Waals surface area contributed by atoms with Gasteiger partial charge >= 0.3 is 0 Å². The van der Waals surface area contributed by atoms with Crippen LogP contribution in [0.2, 0.25) is 0 Å². The van der Waals surface area contributed by atoms with Crippen LogP contribution in [0.25, 0.3) is 0 Å². The predicted octanol–water partition coefficient (Wildman–Crippen LogP) is 1.76. The van der Waals surface area contributed by atoms with Gasteiger partial charge in [0.15, 0.2) is 5.82 Å². The van der Waals surface area contributed by atoms with Crippen molar-refractivity contribution in [2.24, 2.45) is 4.99 Å². The number of carbonyl (C=O) groups excluding carboxylic acids is 1. The summed E-state index contributed by atoms with van der Waals surface area (Å²) in [4.78, 5) is 23.5. The molecule has 0 aromatic heterocycles. The van der Waals surface area contributed by atoms with Crippen LogP contribution in [0.15, 0.2) is 23.5 Å². The molecule has 3 aliphatic rings. The second-order valence-corrected chi connectivity index (χ2v) is 7.17. The second kappa shape index (κ2) is 5.29. The maximum Gasteiger partial charge on any atom is 0.248 e. The van der Waals surface area contributed by atoms with E-state index in [1.165, 1.54) is 0 Å². The van der Waals surface area contributed by atoms with Gasteiger partial charge < -0.3 is 20.0 Å². The molecule has 1 N–H and O–H groups in total. The van der Waals surface area contributed by atoms with E-state index in [4.69, 9.17) is 0 Å². The summed E-state index contributed by atoms with van der Waals surface area (Å²) in [6.07, 6.45) is 0. The van der Waals surface area contributed by atoms with Crippen molar-refractivity contribution in [2.45, 2.75) is 25.9 Å². The van der Waals surface area contributed by atoms with Gasteiger partial charge in [0.25, 0.3) is 0 Å². The van der Waals surface area contributed by atoms with Crippen molar-refractivity contribution in [1.29, 1.82) is 0 Å². The maximum absolute atomic E-state index is 14.9. The summed E-state index contributed by atoms with van der Waals surface area (Å²) >= 11 is 0. The number of aliphatic imine (C=N–C) groups is 1. The van der Waals surface area contributed by atoms with Gasteiger partial charge in [0.1, 0.15) is 17.7 Å². The molecule has 0 saturated carbocycles. The first kappa shape index (κ1) is 16.1. The minimum Gasteiger partial charge on any atom is -0.339 e. The van der Waals surface area contributed by atoms with Gasteiger partial charge in [-0.1, -0.05) is 6.58 Å². The summed E-state index contributed by atoms with van der Waals surface area (Å²) in [5, 5.41) is 2.83. The predicted molar refractivity (Wildman–Crippen MR) is 96.4 cm³/mol. The summed E-state index contributed by atoms with van der Waals surface area (Å²) in [6.45, 7) is 9.18. The van der Waals surface area contributed by atoms with Crippen LogP contribution in [0.4, 0.5) is 15.8 Å². The molecule has 2 atom stereocenters. The minimum atomic E-state index is -0.413. The summed E-state index contributed by atoms with van der Waals surface area (Å²) in [7, 11) is 3.85. The van der Waals surface area contributed by atoms with Crippen LogP contribution in [-0.4, -0.2) is 60.8 Å². The number of amides is 1. The van der Waals surface area contributed by atoms with E-state index in [1.807, 2.05) is 23.9 Å². The first-order valence-electron chi connectivity index (χ1n) is 8.42. The number of anilines is 2. The normalized spacial score (nSPS) is 25.9. The molecule has 1 saturated heterocycles. The number of hydrogen-bond acceptors (Lipinski definition) is 5. The highest BCUT2D eigenvalue weighted by Crippen LogP contribution is 2.41. The van der Waals surface area contributed by atoms with Crippen molar-refractivity contribution in [1.82, 2.24) is 9.80 Å². The Bertz CT molecular complexity index is 833. The lowest BCUT2D eigenvalue weighted by molar-refractivity contribution is -0.122. The summed E-state index contributed by atoms with van der Waals surface area (Å²) in [5.41, 5.74) is 2.17. The topological polar surface area (TPSA) is 51.2 Å². The van der Waals surface area contributed by atoms with Gasteiger partial charge in [0, 0.05) is 26.2 Å². The van der Waals surface area contributed by atoms with E-state index in [-0.39, 0.29) is 17.6 Å². The van der Waals surface area contributed by atoms with Crippen LogP contribution in [0, 0.1) is 12.7 Å². The van der Waals surface area contributed by atoms with E-state index in [0.29, 0.717) is 29.3 Å². The van der Waals surface area contributed by atoms with E-state index < -0.39 is 11.9 Å². The number of hydrogen-bond donors (Lipinski definition) is 1. The molecular weight excluding hydrogens is 321 g/mol. The minimum absolute atomic E-state index is 0.0765. The van der Waals surface area contributed by atoms with Gasteiger partial charge in [-0.05, 0) is 32.5 Å². The van der Waals surface area contributed by atoms with Gasteiger partial charge in [-0.15, -0.1) is 0 Å². The van der Waals surface area contributed by atoms with E-state index in [9.17, 15) is 9.18 Å². The molecule has 1 fully saturated rings. The van der Waals surface area contributed by atoms with Crippen LogP contribution < -0.4 is 10.2 Å². The Morgan fingerprint density at radius 2 is 2.08 bits per heavy atom. The van der Waals surface area contributed by atoms with E-state index in [2.05, 4.69) is 28.7 Å². The van der Waals surface area contributed by atoms with Gasteiger partial charge in [0.05, 0.1) is 16.9 Å². The number of likely N-dealkylation sites (N-methyl/N-ethyl adjacent to an activating group) is 1. The molecule has 2 unspecified atom stereocenters. The number of amidine groups is 1. The Kier molecular flexibility index (Phi) is 3.40. The molecule has 0 spiro atoms. The molecule has 6 nitrogen and oxygen atoms in total. The molecule has 3 aliphatic heterocycles. The average molecular weight is 343 g/mol. The van der Waals surface area contributed by atoms with Crippen molar-refractivity contribution in [3.05, 3.63) is 35.4 Å². The molecule has 7 heteroatoms. The third-order valence-corrected chi connectivity index (χ3v) is 5.30. The Morgan fingerprint density at radius 1 is 1.36 bits per heavy atom. The quantitative estimate of drug-likeness (QED) is 0.780. The zero-order valence-corrected chi connectivity index (χ0v) is 14.9. The third kappa shape index (κ3) is 2.18. The zero-order chi connectivity index (χ0) is 18.0. The SMILES string of the molecule is C=C1N=C2c3c(cc(C)c(F)c3NC(=O)C3CN(C)CC(C)N23)N1C. The van der Waals surface area contributed by atoms with E-state index in [1.54, 1.807) is 13.0 Å². The monoisotopic (exact) mass is 343 g/mol. The lowest BCUT2D eigenvalue weighted by Crippen LogP contribution is -2.61. The molecule has 1 amide bonds. The number of nitrogens with zero attached hydrogens (tertiary/aromatic N) is 4. The van der Waals surface area contributed by atoms with Gasteiger partial charge in [-0.2, -0.15) is 0 Å². The van der Waals surface area contributed by atoms with Crippen LogP contribution in [0.3, 0.4) is 0 Å². The molecule has 132 valence electrons. The Labute approximate surface area is 146 Å². The Balaban J connectivity index is 2.01. The number of benzene rings is 1. The zero-order valence-electron chi connectivity index (χ0n) is 14.9. The Morgan fingerprint density at radius 3 is 2.80 bits per heavy atom. The highest BCUT2D eigenvalue weighted by Gasteiger charge is 2.44. The van der Waals surface area contributed by atoms with E-state index in [0.717, 1.165) is 12.2 Å². The molecule has 0 radical (unpaired) electrons. The van der Waals surface area contributed by atoms with Crippen molar-refractivity contribution in [2.75, 3.05) is 37.4 Å². The first-order valence-corrected chi connectivity index (χ1v) is 8.42. The summed E-state index contributed by atoms with van der Waals surface area (Å²) in [5.74, 6) is 0.617. The Hall–Kier alpha value is -2.41. The molecule has 25 heavy (non-hydrogen) atoms. The third-order valence-electron chi connectivity index (χ3n) is 5.30. The number of halogens is 1. The molecule has 4 rings (SSSR count). The molecule has 1 aromatic carbocycles. The fourth-order valence-corrected chi connectivity index (χ4v) is 4.04. The molecule has 0 bridgehead atoms. The standard InChI is InChI=1S/C18H22FN5O/c1-9-6-12-14-16(15(9)19)21-18(25)13-8-22(4)7-10(2)24(13)17(14)20-11(3)23(12)5/h6,10,13H,3,7-8H2,1-2,4-5H3,(H,21,25). The lowest BCUT2D eigenvalue weighted by Gasteiger charge is -2.45. The van der Waals surface area contributed by atoms with Crippen molar-refractivity contribution >= 4 is 23.1 Å². The fraction of sp³-hybridized carbons (Fsp3) is 0.444. The number of piperazine rings is 1. The van der Waals surface area contributed by atoms with Crippen molar-refractivity contribution in [3.63, 3.8) is 0 Å². The molecule has 3 heterocycles. The number of fused-ring (bicyclic) bond motifs is 2. The van der Waals surface area contributed by atoms with Crippen LogP contribution in [-0.2, 0) is 4.79 Å². The number of carbonyl (C=O) groups is 1. The smallest absolute Gasteiger partial charge is 0.248 e. The van der Waals surface area contributed by atoms with Gasteiger partial charge in [-0.25, -0.2) is 9.38 Å². The van der Waals surface area contributed by atoms with Gasteiger partial charge in [-0.3, -0.25) is 4.79 Å². The fourth-order valence-electron chi connectivity index (χ4n) is 4.04. The van der Waals surface area contributed by atoms with Crippen molar-refractivity contribution < 1.29 is 9.18 Å². The van der Waals surface area contributed by atoms with Crippen LogP contribution in [0.1, 0.15) is 18.1 Å². The highest BCUT2D eigenvalue weighted by atomic mass is 19.1. The van der Waals surface area contributed by atoms with Crippen molar-refractivity contribution in [3.8, 4) is 0 Å². The maximum atomic E-state index is 14.9. The lowest BCUT2D eigenvalue weighted by atomic mass is 10.00. The molecule has 1 aromatic rings. The van der Waals surface area contributed by atoms with Crippen LogP contribution >= 0.6 is 0 Å².